The Morgan fingerprint density at radius 2 is 2.07 bits per heavy atom. The summed E-state index contributed by atoms with van der Waals surface area (Å²) in [4.78, 5) is 2.00. The number of aromatic nitrogens is 2. The van der Waals surface area contributed by atoms with Crippen molar-refractivity contribution in [1.82, 2.24) is 15.1 Å². The molecule has 27 heavy (non-hydrogen) atoms. The van der Waals surface area contributed by atoms with Gasteiger partial charge in [0.15, 0.2) is 0 Å². The van der Waals surface area contributed by atoms with Gasteiger partial charge in [-0.2, -0.15) is 8.42 Å². The average Bonchev–Trinajstić information content (AvgIpc) is 3.36. The summed E-state index contributed by atoms with van der Waals surface area (Å²) in [6.07, 6.45) is 4.64. The fourth-order valence-corrected chi connectivity index (χ4v) is 6.16. The van der Waals surface area contributed by atoms with Crippen LogP contribution in [0.15, 0.2) is 28.6 Å². The molecule has 0 atom stereocenters. The molecule has 0 unspecified atom stereocenters. The Morgan fingerprint density at radius 1 is 1.33 bits per heavy atom. The maximum Gasteiger partial charge on any atom is 0.283 e. The topological polar surface area (TPSA) is 78.4 Å². The van der Waals surface area contributed by atoms with Gasteiger partial charge in [-0.3, -0.25) is 4.90 Å². The van der Waals surface area contributed by atoms with Crippen molar-refractivity contribution in [3.63, 3.8) is 0 Å². The predicted molar refractivity (Wildman–Crippen MR) is 103 cm³/mol. The zero-order chi connectivity index (χ0) is 19.1. The Hall–Kier alpha value is -1.49. The van der Waals surface area contributed by atoms with E-state index in [0.717, 1.165) is 43.8 Å². The second-order valence-electron chi connectivity index (χ2n) is 6.86. The molecular weight excluding hydrogens is 413 g/mol. The number of nitrogens with one attached hydrogen (secondary N) is 1. The van der Waals surface area contributed by atoms with Gasteiger partial charge in [0.05, 0.1) is 0 Å². The van der Waals surface area contributed by atoms with E-state index in [1.165, 1.54) is 30.5 Å². The van der Waals surface area contributed by atoms with Crippen LogP contribution in [0, 0.1) is 5.82 Å². The molecule has 0 amide bonds. The van der Waals surface area contributed by atoms with E-state index < -0.39 is 20.7 Å². The fraction of sp³-hybridized carbons (Fsp3) is 0.500. The lowest BCUT2D eigenvalue weighted by atomic mass is 9.94. The summed E-state index contributed by atoms with van der Waals surface area (Å²) in [7, 11) is -4.26. The highest BCUT2D eigenvalue weighted by atomic mass is 35.5. The van der Waals surface area contributed by atoms with Crippen molar-refractivity contribution < 1.29 is 12.8 Å². The first-order chi connectivity index (χ1) is 12.9. The molecule has 0 aliphatic carbocycles. The second-order valence-corrected chi connectivity index (χ2v) is 9.96. The summed E-state index contributed by atoms with van der Waals surface area (Å²) in [6, 6.07) is 3.98. The smallest absolute Gasteiger partial charge is 0.283 e. The van der Waals surface area contributed by atoms with Crippen LogP contribution in [-0.2, 0) is 10.0 Å². The predicted octanol–water partition coefficient (Wildman–Crippen LogP) is 3.07. The molecule has 146 valence electrons. The average molecular weight is 432 g/mol. The van der Waals surface area contributed by atoms with Gasteiger partial charge in [0, 0.05) is 29.5 Å². The number of hydrogen-bond acceptors (Lipinski definition) is 7. The first kappa shape index (κ1) is 18.9. The number of rotatable bonds is 6. The van der Waals surface area contributed by atoms with Crippen LogP contribution >= 0.6 is 23.1 Å². The lowest BCUT2D eigenvalue weighted by Crippen LogP contribution is -2.44. The van der Waals surface area contributed by atoms with Crippen LogP contribution in [0.25, 0.3) is 0 Å². The van der Waals surface area contributed by atoms with E-state index in [1.54, 1.807) is 6.07 Å². The van der Waals surface area contributed by atoms with Gasteiger partial charge in [-0.15, -0.1) is 14.0 Å². The van der Waals surface area contributed by atoms with E-state index in [1.807, 2.05) is 0 Å². The van der Waals surface area contributed by atoms with Gasteiger partial charge in [0.25, 0.3) is 10.0 Å². The van der Waals surface area contributed by atoms with E-state index >= 15 is 0 Å². The molecule has 3 heterocycles. The summed E-state index contributed by atoms with van der Waals surface area (Å²) < 4.78 is 40.1. The number of halogens is 2. The summed E-state index contributed by atoms with van der Waals surface area (Å²) in [5, 5.41) is 10.4. The summed E-state index contributed by atoms with van der Waals surface area (Å²) in [6.45, 7) is 2.96. The maximum atomic E-state index is 14.6. The largest absolute Gasteiger partial charge is 0.383 e. The number of nitrogens with zero attached hydrogens (tertiary/aromatic N) is 4. The van der Waals surface area contributed by atoms with Crippen LogP contribution in [0.5, 0.6) is 0 Å². The molecule has 2 aromatic rings. The molecule has 1 aromatic carbocycles. The van der Waals surface area contributed by atoms with Gasteiger partial charge in [-0.1, -0.05) is 11.3 Å². The Bertz CT molecular complexity index is 915. The third kappa shape index (κ3) is 3.39. The Kier molecular flexibility index (Phi) is 5.00. The molecule has 2 fully saturated rings. The van der Waals surface area contributed by atoms with Crippen LogP contribution in [0.3, 0.4) is 0 Å². The molecule has 4 rings (SSSR count). The zero-order valence-electron chi connectivity index (χ0n) is 14.4. The van der Waals surface area contributed by atoms with E-state index in [2.05, 4.69) is 20.4 Å². The molecule has 2 aliphatic heterocycles. The molecular formula is C16H19ClFN5O2S2. The lowest BCUT2D eigenvalue weighted by Gasteiger charge is -2.32. The lowest BCUT2D eigenvalue weighted by molar-refractivity contribution is 0.209. The van der Waals surface area contributed by atoms with Crippen molar-refractivity contribution in [2.24, 2.45) is 0 Å². The summed E-state index contributed by atoms with van der Waals surface area (Å²) in [5.74, 6) is -0.859. The van der Waals surface area contributed by atoms with Crippen molar-refractivity contribution in [3.8, 4) is 0 Å². The quantitative estimate of drug-likeness (QED) is 0.708. The fourth-order valence-electron chi connectivity index (χ4n) is 4.03. The van der Waals surface area contributed by atoms with E-state index in [9.17, 15) is 12.8 Å². The minimum atomic E-state index is -4.26. The number of fused-ring (bicyclic) bond motifs is 1. The van der Waals surface area contributed by atoms with Gasteiger partial charge in [-0.05, 0) is 57.0 Å². The van der Waals surface area contributed by atoms with Gasteiger partial charge in [0.1, 0.15) is 16.2 Å². The van der Waals surface area contributed by atoms with Crippen LogP contribution < -0.4 is 9.14 Å². The van der Waals surface area contributed by atoms with Gasteiger partial charge in [0.2, 0.25) is 5.13 Å². The van der Waals surface area contributed by atoms with Crippen molar-refractivity contribution >= 4 is 44.0 Å². The Morgan fingerprint density at radius 3 is 2.70 bits per heavy atom. The number of anilines is 2. The number of benzene rings is 1. The van der Waals surface area contributed by atoms with Gasteiger partial charge >= 0.3 is 0 Å². The maximum absolute atomic E-state index is 14.6. The highest BCUT2D eigenvalue weighted by Crippen LogP contribution is 2.39. The van der Waals surface area contributed by atoms with Crippen LogP contribution in [0.1, 0.15) is 25.7 Å². The van der Waals surface area contributed by atoms with Crippen LogP contribution in [-0.4, -0.2) is 48.7 Å². The van der Waals surface area contributed by atoms with Crippen molar-refractivity contribution in [1.29, 1.82) is 0 Å². The minimum Gasteiger partial charge on any atom is -0.383 e. The first-order valence-corrected chi connectivity index (χ1v) is 11.3. The van der Waals surface area contributed by atoms with Crippen molar-refractivity contribution in [3.05, 3.63) is 29.5 Å². The normalized spacial score (nSPS) is 19.2. The molecule has 0 radical (unpaired) electrons. The molecule has 2 saturated heterocycles. The molecule has 0 spiro atoms. The molecule has 1 aromatic heterocycles. The molecule has 7 nitrogen and oxygen atoms in total. The number of sulfonamides is 1. The van der Waals surface area contributed by atoms with Gasteiger partial charge < -0.3 is 5.32 Å². The number of hydrogen-bond donors (Lipinski definition) is 1. The van der Waals surface area contributed by atoms with E-state index in [0.29, 0.717) is 9.51 Å². The van der Waals surface area contributed by atoms with E-state index in [4.69, 9.17) is 11.8 Å². The third-order valence-electron chi connectivity index (χ3n) is 5.35. The summed E-state index contributed by atoms with van der Waals surface area (Å²) in [5.41, 5.74) is 2.04. The highest BCUT2D eigenvalue weighted by molar-refractivity contribution is 7.94. The molecule has 2 aliphatic rings. The third-order valence-corrected chi connectivity index (χ3v) is 8.43. The monoisotopic (exact) mass is 431 g/mol. The molecule has 0 bridgehead atoms. The first-order valence-electron chi connectivity index (χ1n) is 8.68. The molecule has 11 heteroatoms. The standard InChI is InChI=1S/C16H19ClFN5O2S2/c17-23(15-21-20-11-26-15)27(24,25)14-4-3-12(9-13(14)18)19-10-16-5-1-7-22(16)8-2-6-16/h3-4,9,11,19H,1-2,5-8,10H2. The second kappa shape index (κ2) is 7.16. The summed E-state index contributed by atoms with van der Waals surface area (Å²) >= 11 is 6.80. The zero-order valence-corrected chi connectivity index (χ0v) is 16.8. The Labute approximate surface area is 166 Å². The highest BCUT2D eigenvalue weighted by Gasteiger charge is 2.43. The van der Waals surface area contributed by atoms with Crippen LogP contribution in [0.2, 0.25) is 0 Å². The molecule has 1 N–H and O–H groups in total. The van der Waals surface area contributed by atoms with Crippen molar-refractivity contribution in [2.45, 2.75) is 36.1 Å². The minimum absolute atomic E-state index is 0.0417. The van der Waals surface area contributed by atoms with Crippen LogP contribution in [0.4, 0.5) is 15.2 Å². The van der Waals surface area contributed by atoms with Gasteiger partial charge in [-0.25, -0.2) is 4.39 Å². The Balaban J connectivity index is 1.51. The van der Waals surface area contributed by atoms with E-state index in [-0.39, 0.29) is 10.7 Å². The molecule has 0 saturated carbocycles. The SMILES string of the molecule is O=S(=O)(c1ccc(NCC23CCCN2CCC3)cc1F)N(Cl)c1nncs1. The van der Waals surface area contributed by atoms with Crippen molar-refractivity contribution in [2.75, 3.05) is 28.8 Å².